The molecule has 14 heavy (non-hydrogen) atoms. The fourth-order valence-electron chi connectivity index (χ4n) is 0.570. The Bertz CT molecular complexity index is 238. The minimum Gasteiger partial charge on any atom is -0.391 e. The molecule has 4 heteroatoms. The highest BCUT2D eigenvalue weighted by Crippen LogP contribution is 2.09. The predicted molar refractivity (Wildman–Crippen MR) is 60.9 cm³/mol. The van der Waals surface area contributed by atoms with E-state index < -0.39 is 5.60 Å². The van der Waals surface area contributed by atoms with Crippen LogP contribution in [0.4, 0.5) is 5.69 Å². The largest absolute Gasteiger partial charge is 0.391 e. The van der Waals surface area contributed by atoms with Gasteiger partial charge in [0.2, 0.25) is 0 Å². The Morgan fingerprint density at radius 1 is 1.21 bits per heavy atom. The molecule has 3 nitrogen and oxygen atoms in total. The lowest BCUT2D eigenvalue weighted by Gasteiger charge is -2.05. The number of nitrogens with zero attached hydrogens (tertiary/aromatic N) is 1. The number of para-hydroxylation sites is 1. The molecule has 1 rings (SSSR count). The maximum atomic E-state index is 8.52. The van der Waals surface area contributed by atoms with Crippen LogP contribution < -0.4 is 10.4 Å². The standard InChI is InChI=1S/C6H7ClN2.C4H10O/c7-9(8)6-4-2-1-3-5-6;1-4(2,3)5/h1-5H,8H2;5H,1-3H3. The first-order valence-corrected chi connectivity index (χ1v) is 4.62. The monoisotopic (exact) mass is 216 g/mol. The number of benzene rings is 1. The molecule has 0 aliphatic rings. The molecule has 0 atom stereocenters. The molecule has 0 spiro atoms. The van der Waals surface area contributed by atoms with E-state index in [1.165, 1.54) is 0 Å². The first kappa shape index (κ1) is 13.2. The number of hydrogen-bond donors (Lipinski definition) is 2. The summed E-state index contributed by atoms with van der Waals surface area (Å²) in [5, 5.41) is 8.52. The summed E-state index contributed by atoms with van der Waals surface area (Å²) in [6.07, 6.45) is 0. The second kappa shape index (κ2) is 5.86. The number of hydrazine groups is 1. The highest BCUT2D eigenvalue weighted by Gasteiger charge is 1.97. The van der Waals surface area contributed by atoms with Crippen molar-refractivity contribution in [1.29, 1.82) is 0 Å². The van der Waals surface area contributed by atoms with Crippen LogP contribution in [0.25, 0.3) is 0 Å². The zero-order valence-electron chi connectivity index (χ0n) is 8.74. The highest BCUT2D eigenvalue weighted by atomic mass is 35.5. The number of aliphatic hydroxyl groups is 1. The molecule has 0 aromatic heterocycles. The molecule has 0 saturated heterocycles. The second-order valence-electron chi connectivity index (χ2n) is 3.82. The van der Waals surface area contributed by atoms with Crippen LogP contribution >= 0.6 is 11.8 Å². The van der Waals surface area contributed by atoms with E-state index in [1.807, 2.05) is 30.3 Å². The summed E-state index contributed by atoms with van der Waals surface area (Å²) in [5.41, 5.74) is 0.291. The van der Waals surface area contributed by atoms with Gasteiger partial charge in [0, 0.05) is 11.8 Å². The van der Waals surface area contributed by atoms with E-state index in [4.69, 9.17) is 22.7 Å². The Morgan fingerprint density at radius 2 is 1.57 bits per heavy atom. The number of nitrogens with two attached hydrogens (primary N) is 1. The molecule has 1 aromatic carbocycles. The molecule has 3 N–H and O–H groups in total. The summed E-state index contributed by atoms with van der Waals surface area (Å²) >= 11 is 5.41. The van der Waals surface area contributed by atoms with Gasteiger partial charge in [-0.25, -0.2) is 10.4 Å². The number of halogens is 1. The maximum Gasteiger partial charge on any atom is 0.0703 e. The van der Waals surface area contributed by atoms with Crippen molar-refractivity contribution in [1.82, 2.24) is 0 Å². The summed E-state index contributed by atoms with van der Waals surface area (Å²) < 4.78 is 1.06. The van der Waals surface area contributed by atoms with Crippen molar-refractivity contribution in [3.05, 3.63) is 30.3 Å². The zero-order chi connectivity index (χ0) is 11.2. The number of rotatable bonds is 1. The van der Waals surface area contributed by atoms with Crippen LogP contribution in [0.1, 0.15) is 20.8 Å². The molecule has 0 fully saturated rings. The first-order chi connectivity index (χ1) is 6.30. The van der Waals surface area contributed by atoms with E-state index in [2.05, 4.69) is 0 Å². The Balaban J connectivity index is 0.000000292. The molecule has 0 radical (unpaired) electrons. The average Bonchev–Trinajstić information content (AvgIpc) is 2.03. The van der Waals surface area contributed by atoms with Crippen molar-refractivity contribution in [2.24, 2.45) is 5.84 Å². The maximum absolute atomic E-state index is 8.52. The first-order valence-electron chi connectivity index (χ1n) is 4.29. The van der Waals surface area contributed by atoms with E-state index in [1.54, 1.807) is 20.8 Å². The van der Waals surface area contributed by atoms with E-state index in [9.17, 15) is 0 Å². The lowest BCUT2D eigenvalue weighted by Crippen LogP contribution is -2.17. The third-order valence-electron chi connectivity index (χ3n) is 1.00. The molecule has 0 aliphatic carbocycles. The van der Waals surface area contributed by atoms with Gasteiger partial charge in [0.15, 0.2) is 0 Å². The molecular formula is C10H17ClN2O. The quantitative estimate of drug-likeness (QED) is 0.430. The normalized spacial score (nSPS) is 10.1. The van der Waals surface area contributed by atoms with Gasteiger partial charge >= 0.3 is 0 Å². The smallest absolute Gasteiger partial charge is 0.0703 e. The molecule has 0 saturated carbocycles. The van der Waals surface area contributed by atoms with Crippen LogP contribution in [0.2, 0.25) is 0 Å². The van der Waals surface area contributed by atoms with Crippen molar-refractivity contribution in [3.8, 4) is 0 Å². The van der Waals surface area contributed by atoms with Gasteiger partial charge in [-0.15, -0.1) is 0 Å². The van der Waals surface area contributed by atoms with Crippen molar-refractivity contribution < 1.29 is 5.11 Å². The zero-order valence-corrected chi connectivity index (χ0v) is 9.49. The molecule has 0 bridgehead atoms. The SMILES string of the molecule is CC(C)(C)O.NN(Cl)c1ccccc1. The predicted octanol–water partition coefficient (Wildman–Crippen LogP) is 2.30. The minimum atomic E-state index is -0.500. The Morgan fingerprint density at radius 3 is 1.79 bits per heavy atom. The summed E-state index contributed by atoms with van der Waals surface area (Å²) in [6.45, 7) is 5.23. The van der Waals surface area contributed by atoms with E-state index >= 15 is 0 Å². The molecule has 0 aliphatic heterocycles. The van der Waals surface area contributed by atoms with Gasteiger partial charge in [-0.1, -0.05) is 18.2 Å². The lowest BCUT2D eigenvalue weighted by molar-refractivity contribution is 0.102. The van der Waals surface area contributed by atoms with Gasteiger partial charge in [-0.3, -0.25) is 0 Å². The van der Waals surface area contributed by atoms with Crippen molar-refractivity contribution in [2.75, 3.05) is 4.53 Å². The Labute approximate surface area is 90.2 Å². The van der Waals surface area contributed by atoms with E-state index in [-0.39, 0.29) is 0 Å². The second-order valence-corrected chi connectivity index (χ2v) is 4.18. The third kappa shape index (κ3) is 9.32. The fraction of sp³-hybridized carbons (Fsp3) is 0.400. The van der Waals surface area contributed by atoms with E-state index in [0.717, 1.165) is 10.2 Å². The summed E-state index contributed by atoms with van der Waals surface area (Å²) in [6, 6.07) is 9.30. The van der Waals surface area contributed by atoms with Crippen LogP contribution in [0.3, 0.4) is 0 Å². The van der Waals surface area contributed by atoms with Gasteiger partial charge in [-0.2, -0.15) is 0 Å². The molecule has 0 amide bonds. The summed E-state index contributed by atoms with van der Waals surface area (Å²) in [7, 11) is 0. The third-order valence-corrected chi connectivity index (χ3v) is 1.20. The molecule has 0 heterocycles. The van der Waals surface area contributed by atoms with Crippen LogP contribution in [0, 0.1) is 0 Å². The average molecular weight is 217 g/mol. The lowest BCUT2D eigenvalue weighted by atomic mass is 10.2. The Hall–Kier alpha value is -0.770. The van der Waals surface area contributed by atoms with Gasteiger partial charge in [0.1, 0.15) is 0 Å². The van der Waals surface area contributed by atoms with Crippen molar-refractivity contribution in [3.63, 3.8) is 0 Å². The van der Waals surface area contributed by atoms with Crippen molar-refractivity contribution >= 4 is 17.5 Å². The molecular weight excluding hydrogens is 200 g/mol. The van der Waals surface area contributed by atoms with Crippen molar-refractivity contribution in [2.45, 2.75) is 26.4 Å². The van der Waals surface area contributed by atoms with Gasteiger partial charge in [0.25, 0.3) is 0 Å². The van der Waals surface area contributed by atoms with Gasteiger partial charge < -0.3 is 5.11 Å². The Kier molecular flexibility index (Phi) is 5.53. The topological polar surface area (TPSA) is 49.5 Å². The van der Waals surface area contributed by atoms with Crippen LogP contribution in [0.15, 0.2) is 30.3 Å². The molecule has 1 aromatic rings. The molecule has 0 unspecified atom stereocenters. The highest BCUT2D eigenvalue weighted by molar-refractivity contribution is 6.24. The van der Waals surface area contributed by atoms with Crippen LogP contribution in [-0.4, -0.2) is 10.7 Å². The number of anilines is 1. The van der Waals surface area contributed by atoms with Gasteiger partial charge in [-0.05, 0) is 32.9 Å². The van der Waals surface area contributed by atoms with E-state index in [0.29, 0.717) is 0 Å². The minimum absolute atomic E-state index is 0.500. The van der Waals surface area contributed by atoms with Crippen LogP contribution in [0.5, 0.6) is 0 Å². The summed E-state index contributed by atoms with van der Waals surface area (Å²) in [4.78, 5) is 0. The summed E-state index contributed by atoms with van der Waals surface area (Å²) in [5.74, 6) is 5.21. The molecule has 80 valence electrons. The van der Waals surface area contributed by atoms with Gasteiger partial charge in [0.05, 0.1) is 11.3 Å². The fourth-order valence-corrected chi connectivity index (χ4v) is 0.683. The number of hydrogen-bond acceptors (Lipinski definition) is 3. The van der Waals surface area contributed by atoms with Crippen LogP contribution in [-0.2, 0) is 0 Å².